The second kappa shape index (κ2) is 17.4. The molecular weight excluding hydrogens is 740 g/mol. The van der Waals surface area contributed by atoms with Gasteiger partial charge in [-0.05, 0) is 81.0 Å². The lowest BCUT2D eigenvalue weighted by atomic mass is 9.97. The van der Waals surface area contributed by atoms with E-state index in [-0.39, 0.29) is 17.0 Å². The topological polar surface area (TPSA) is 43.7 Å². The Hall–Kier alpha value is -5.40. The van der Waals surface area contributed by atoms with Crippen molar-refractivity contribution in [3.05, 3.63) is 197 Å². The zero-order chi connectivity index (χ0) is 40.0. The van der Waals surface area contributed by atoms with Crippen molar-refractivity contribution in [2.45, 2.75) is 44.7 Å². The van der Waals surface area contributed by atoms with Gasteiger partial charge in [0.25, 0.3) is 8.32 Å². The molecule has 1 heterocycles. The van der Waals surface area contributed by atoms with Gasteiger partial charge in [-0.3, -0.25) is 0 Å². The summed E-state index contributed by atoms with van der Waals surface area (Å²) in [5.41, 5.74) is 7.59. The Labute approximate surface area is 343 Å². The van der Waals surface area contributed by atoms with Crippen molar-refractivity contribution in [3.63, 3.8) is 0 Å². The normalized spacial score (nSPS) is 11.9. The second-order valence-electron chi connectivity index (χ2n) is 15.7. The van der Waals surface area contributed by atoms with E-state index in [1.54, 1.807) is 0 Å². The molecule has 0 N–H and O–H groups in total. The van der Waals surface area contributed by atoms with Crippen LogP contribution >= 0.6 is 11.6 Å². The molecule has 0 saturated heterocycles. The van der Waals surface area contributed by atoms with E-state index < -0.39 is 8.32 Å². The smallest absolute Gasteiger partial charge is 0.337 e. The number of fused-ring (bicyclic) bond motifs is 1. The summed E-state index contributed by atoms with van der Waals surface area (Å²) < 4.78 is 15.1. The Morgan fingerprint density at radius 2 is 1.25 bits per heavy atom. The maximum Gasteiger partial charge on any atom is 0.337 e. The van der Waals surface area contributed by atoms with Gasteiger partial charge in [0.05, 0.1) is 18.7 Å². The van der Waals surface area contributed by atoms with Gasteiger partial charge < -0.3 is 18.6 Å². The number of ether oxygens (including phenoxy) is 1. The lowest BCUT2D eigenvalue weighted by Crippen LogP contribution is -2.66. The highest BCUT2D eigenvalue weighted by molar-refractivity contribution is 6.99. The molecule has 7 rings (SSSR count). The van der Waals surface area contributed by atoms with E-state index in [1.807, 2.05) is 30.3 Å². The highest BCUT2D eigenvalue weighted by Crippen LogP contribution is 2.40. The SMILES string of the molecule is COC(=O)c1ccc(N(C)CCc2c(CCO[Si](c3ccccc3)(c3ccccc3)C(C)(C)C)n(C(c3ccccc3)c3ccccc3)c3ccc(Cl)cc23)cc1. The first-order chi connectivity index (χ1) is 27.6. The van der Waals surface area contributed by atoms with E-state index in [9.17, 15) is 4.79 Å². The van der Waals surface area contributed by atoms with Crippen LogP contribution in [0.2, 0.25) is 10.1 Å². The quantitative estimate of drug-likeness (QED) is 0.0813. The fourth-order valence-electron chi connectivity index (χ4n) is 8.45. The van der Waals surface area contributed by atoms with Gasteiger partial charge in [0.1, 0.15) is 0 Å². The van der Waals surface area contributed by atoms with Crippen LogP contribution in [0.4, 0.5) is 5.69 Å². The van der Waals surface area contributed by atoms with Gasteiger partial charge in [0, 0.05) is 53.9 Å². The predicted molar refractivity (Wildman–Crippen MR) is 239 cm³/mol. The molecule has 7 aromatic rings. The van der Waals surface area contributed by atoms with Gasteiger partial charge in [-0.25, -0.2) is 4.79 Å². The van der Waals surface area contributed by atoms with Crippen LogP contribution in [-0.2, 0) is 22.0 Å². The number of anilines is 1. The van der Waals surface area contributed by atoms with Crippen LogP contribution < -0.4 is 15.3 Å². The monoisotopic (exact) mass is 790 g/mol. The van der Waals surface area contributed by atoms with E-state index in [0.29, 0.717) is 23.6 Å². The number of benzene rings is 6. The van der Waals surface area contributed by atoms with Crippen LogP contribution in [0, 0.1) is 0 Å². The summed E-state index contributed by atoms with van der Waals surface area (Å²) in [6.07, 6.45) is 1.46. The highest BCUT2D eigenvalue weighted by Gasteiger charge is 2.50. The lowest BCUT2D eigenvalue weighted by molar-refractivity contribution is 0.0600. The second-order valence-corrected chi connectivity index (χ2v) is 20.4. The minimum absolute atomic E-state index is 0.0868. The van der Waals surface area contributed by atoms with Crippen molar-refractivity contribution in [1.82, 2.24) is 4.57 Å². The number of esters is 1. The van der Waals surface area contributed by atoms with Crippen LogP contribution in [-0.4, -0.2) is 46.2 Å². The fourth-order valence-corrected chi connectivity index (χ4v) is 13.2. The third-order valence-corrected chi connectivity index (χ3v) is 16.4. The van der Waals surface area contributed by atoms with Gasteiger partial charge >= 0.3 is 5.97 Å². The van der Waals surface area contributed by atoms with Crippen molar-refractivity contribution in [2.24, 2.45) is 0 Å². The number of nitrogens with zero attached hydrogens (tertiary/aromatic N) is 2. The molecule has 6 aromatic carbocycles. The fraction of sp³-hybridized carbons (Fsp3) is 0.220. The first kappa shape index (κ1) is 39.8. The maximum absolute atomic E-state index is 12.2. The molecular formula is C50H51ClN2O3Si. The number of aromatic nitrogens is 1. The molecule has 0 atom stereocenters. The molecule has 0 saturated carbocycles. The molecule has 290 valence electrons. The number of hydrogen-bond acceptors (Lipinski definition) is 4. The summed E-state index contributed by atoms with van der Waals surface area (Å²) in [4.78, 5) is 14.4. The lowest BCUT2D eigenvalue weighted by Gasteiger charge is -2.43. The van der Waals surface area contributed by atoms with E-state index in [4.69, 9.17) is 20.8 Å². The van der Waals surface area contributed by atoms with Crippen LogP contribution in [0.15, 0.2) is 164 Å². The highest BCUT2D eigenvalue weighted by atomic mass is 35.5. The summed E-state index contributed by atoms with van der Waals surface area (Å²) in [5, 5.41) is 4.24. The Bertz CT molecular complexity index is 2320. The number of hydrogen-bond donors (Lipinski definition) is 0. The van der Waals surface area contributed by atoms with E-state index in [0.717, 1.165) is 29.6 Å². The summed E-state index contributed by atoms with van der Waals surface area (Å²) in [6, 6.07) is 57.2. The number of carbonyl (C=O) groups excluding carboxylic acids is 1. The van der Waals surface area contributed by atoms with Gasteiger partial charge in [0.15, 0.2) is 0 Å². The number of carbonyl (C=O) groups is 1. The molecule has 0 radical (unpaired) electrons. The third-order valence-electron chi connectivity index (χ3n) is 11.2. The van der Waals surface area contributed by atoms with Crippen LogP contribution in [0.5, 0.6) is 0 Å². The largest absolute Gasteiger partial charge is 0.465 e. The third kappa shape index (κ3) is 8.22. The maximum atomic E-state index is 12.2. The van der Waals surface area contributed by atoms with Crippen molar-refractivity contribution in [1.29, 1.82) is 0 Å². The Morgan fingerprint density at radius 1 is 0.719 bits per heavy atom. The van der Waals surface area contributed by atoms with Crippen molar-refractivity contribution < 1.29 is 14.0 Å². The number of likely N-dealkylation sites (N-methyl/N-ethyl adjacent to an activating group) is 1. The number of halogens is 1. The molecule has 0 amide bonds. The summed E-state index contributed by atoms with van der Waals surface area (Å²) in [5.74, 6) is -0.342. The average molecular weight is 792 g/mol. The molecule has 0 aliphatic heterocycles. The van der Waals surface area contributed by atoms with Crippen molar-refractivity contribution in [2.75, 3.05) is 32.2 Å². The molecule has 0 unspecified atom stereocenters. The van der Waals surface area contributed by atoms with Gasteiger partial charge in [0.2, 0.25) is 0 Å². The van der Waals surface area contributed by atoms with Crippen LogP contribution in [0.25, 0.3) is 10.9 Å². The summed E-state index contributed by atoms with van der Waals surface area (Å²) in [7, 11) is 0.696. The molecule has 0 aliphatic rings. The van der Waals surface area contributed by atoms with Crippen LogP contribution in [0.1, 0.15) is 59.6 Å². The Balaban J connectivity index is 1.37. The minimum Gasteiger partial charge on any atom is -0.465 e. The Morgan fingerprint density at radius 3 is 1.75 bits per heavy atom. The first-order valence-corrected chi connectivity index (χ1v) is 22.0. The molecule has 0 spiro atoms. The Kier molecular flexibility index (Phi) is 12.1. The summed E-state index contributed by atoms with van der Waals surface area (Å²) in [6.45, 7) is 8.27. The molecule has 1 aromatic heterocycles. The molecule has 57 heavy (non-hydrogen) atoms. The minimum atomic E-state index is -2.81. The van der Waals surface area contributed by atoms with E-state index in [2.05, 4.69) is 171 Å². The van der Waals surface area contributed by atoms with Gasteiger partial charge in [-0.1, -0.05) is 154 Å². The molecule has 0 fully saturated rings. The van der Waals surface area contributed by atoms with Gasteiger partial charge in [-0.15, -0.1) is 0 Å². The standard InChI is InChI=1S/C50H51ClN2O3Si/c1-50(2,3)57(42-22-14-8-15-23-42,43-24-16-9-17-25-43)56-35-33-47-44(32-34-52(4)41-29-26-39(27-30-41)49(54)55-5)45-36-40(51)28-31-46(45)53(47)48(37-18-10-6-11-19-37)38-20-12-7-13-21-38/h6-31,36,48H,32-35H2,1-5H3. The van der Waals surface area contributed by atoms with E-state index >= 15 is 0 Å². The molecule has 0 aliphatic carbocycles. The molecule has 5 nitrogen and oxygen atoms in total. The number of methoxy groups -OCH3 is 1. The number of rotatable bonds is 14. The zero-order valence-corrected chi connectivity index (χ0v) is 35.2. The predicted octanol–water partition coefficient (Wildman–Crippen LogP) is 10.5. The van der Waals surface area contributed by atoms with Gasteiger partial charge in [-0.2, -0.15) is 0 Å². The van der Waals surface area contributed by atoms with Crippen molar-refractivity contribution in [3.8, 4) is 0 Å². The molecule has 0 bridgehead atoms. The average Bonchev–Trinajstić information content (AvgIpc) is 3.53. The molecule has 7 heteroatoms. The van der Waals surface area contributed by atoms with Crippen LogP contribution in [0.3, 0.4) is 0 Å². The van der Waals surface area contributed by atoms with E-state index in [1.165, 1.54) is 39.9 Å². The van der Waals surface area contributed by atoms with Crippen molar-refractivity contribution >= 4 is 52.9 Å². The summed E-state index contributed by atoms with van der Waals surface area (Å²) >= 11 is 6.85. The zero-order valence-electron chi connectivity index (χ0n) is 33.5. The first-order valence-electron chi connectivity index (χ1n) is 19.7.